The number of benzene rings is 1. The van der Waals surface area contributed by atoms with Crippen LogP contribution in [0.25, 0.3) is 0 Å². The third kappa shape index (κ3) is 5.40. The zero-order valence-electron chi connectivity index (χ0n) is 20.9. The standard InChI is InChI=1S/C26H45NO3S/c1-8-11-15-26(16-13-12-14-17-26)31(29,30)27-20-18-21(24(4,5)9-2)23(28)22(19-20)25(6,7)10-3/h18-19,27-28H,8-17H2,1-7H3. The average Bonchev–Trinajstić information content (AvgIpc) is 2.73. The summed E-state index contributed by atoms with van der Waals surface area (Å²) in [7, 11) is -3.55. The van der Waals surface area contributed by atoms with E-state index in [1.807, 2.05) is 12.1 Å². The Hall–Kier alpha value is -1.23. The van der Waals surface area contributed by atoms with Gasteiger partial charge < -0.3 is 5.11 Å². The lowest BCUT2D eigenvalue weighted by molar-refractivity contribution is 0.348. The molecule has 1 aromatic carbocycles. The van der Waals surface area contributed by atoms with Crippen LogP contribution in [0.1, 0.15) is 124 Å². The Bertz CT molecular complexity index is 812. The predicted molar refractivity (Wildman–Crippen MR) is 133 cm³/mol. The van der Waals surface area contributed by atoms with Crippen molar-refractivity contribution in [3.8, 4) is 5.75 Å². The maximum absolute atomic E-state index is 13.8. The Morgan fingerprint density at radius 1 is 0.935 bits per heavy atom. The van der Waals surface area contributed by atoms with Crippen molar-refractivity contribution >= 4 is 15.7 Å². The van der Waals surface area contributed by atoms with E-state index in [0.29, 0.717) is 11.4 Å². The molecule has 0 atom stereocenters. The number of phenols is 1. The Kier molecular flexibility index (Phi) is 8.16. The molecule has 0 aliphatic heterocycles. The normalized spacial score (nSPS) is 17.5. The third-order valence-corrected chi connectivity index (χ3v) is 10.2. The first kappa shape index (κ1) is 26.0. The smallest absolute Gasteiger partial charge is 0.238 e. The summed E-state index contributed by atoms with van der Waals surface area (Å²) in [6.07, 6.45) is 8.89. The summed E-state index contributed by atoms with van der Waals surface area (Å²) in [5, 5.41) is 11.2. The molecule has 0 saturated heterocycles. The van der Waals surface area contributed by atoms with E-state index in [1.165, 1.54) is 0 Å². The molecule has 0 bridgehead atoms. The van der Waals surface area contributed by atoms with Crippen LogP contribution in [0.4, 0.5) is 5.69 Å². The minimum Gasteiger partial charge on any atom is -0.507 e. The van der Waals surface area contributed by atoms with Crippen LogP contribution >= 0.6 is 0 Å². The Labute approximate surface area is 191 Å². The monoisotopic (exact) mass is 451 g/mol. The molecule has 0 aromatic heterocycles. The molecule has 1 aliphatic carbocycles. The third-order valence-electron chi connectivity index (χ3n) is 7.91. The molecule has 178 valence electrons. The number of hydrogen-bond donors (Lipinski definition) is 2. The fourth-order valence-corrected chi connectivity index (χ4v) is 6.60. The molecule has 1 aromatic rings. The van der Waals surface area contributed by atoms with Gasteiger partial charge in [-0.1, -0.05) is 80.6 Å². The van der Waals surface area contributed by atoms with E-state index in [-0.39, 0.29) is 10.8 Å². The Balaban J connectivity index is 2.58. The summed E-state index contributed by atoms with van der Waals surface area (Å²) in [6, 6.07) is 3.73. The highest BCUT2D eigenvalue weighted by Crippen LogP contribution is 2.45. The van der Waals surface area contributed by atoms with E-state index >= 15 is 0 Å². The lowest BCUT2D eigenvalue weighted by atomic mass is 9.75. The number of sulfonamides is 1. The maximum atomic E-state index is 13.8. The van der Waals surface area contributed by atoms with Crippen molar-refractivity contribution in [3.05, 3.63) is 23.3 Å². The lowest BCUT2D eigenvalue weighted by Gasteiger charge is -2.37. The number of aromatic hydroxyl groups is 1. The molecule has 0 amide bonds. The van der Waals surface area contributed by atoms with Gasteiger partial charge in [-0.3, -0.25) is 4.72 Å². The van der Waals surface area contributed by atoms with Gasteiger partial charge in [0.15, 0.2) is 0 Å². The highest BCUT2D eigenvalue weighted by Gasteiger charge is 2.44. The average molecular weight is 452 g/mol. The molecule has 0 heterocycles. The molecule has 2 N–H and O–H groups in total. The minimum atomic E-state index is -3.55. The van der Waals surface area contributed by atoms with Gasteiger partial charge in [-0.05, 0) is 55.1 Å². The fourth-order valence-electron chi connectivity index (χ4n) is 4.72. The van der Waals surface area contributed by atoms with Crippen molar-refractivity contribution in [3.63, 3.8) is 0 Å². The van der Waals surface area contributed by atoms with Gasteiger partial charge in [0.2, 0.25) is 10.0 Å². The van der Waals surface area contributed by atoms with Crippen molar-refractivity contribution < 1.29 is 13.5 Å². The minimum absolute atomic E-state index is 0.255. The second-order valence-corrected chi connectivity index (χ2v) is 12.9. The predicted octanol–water partition coefficient (Wildman–Crippen LogP) is 7.40. The first-order valence-corrected chi connectivity index (χ1v) is 13.7. The summed E-state index contributed by atoms with van der Waals surface area (Å²) < 4.78 is 29.8. The van der Waals surface area contributed by atoms with Crippen LogP contribution in [0.2, 0.25) is 0 Å². The van der Waals surface area contributed by atoms with E-state index in [2.05, 4.69) is 53.2 Å². The summed E-state index contributed by atoms with van der Waals surface area (Å²) in [5.74, 6) is 0.306. The molecule has 1 saturated carbocycles. The molecule has 31 heavy (non-hydrogen) atoms. The summed E-state index contributed by atoms with van der Waals surface area (Å²) in [6.45, 7) is 14.7. The molecular weight excluding hydrogens is 406 g/mol. The van der Waals surface area contributed by atoms with Crippen molar-refractivity contribution in [2.24, 2.45) is 0 Å². The molecular formula is C26H45NO3S. The molecule has 0 radical (unpaired) electrons. The SMILES string of the molecule is CCCCC1(S(=O)(=O)Nc2cc(C(C)(C)CC)c(O)c(C(C)(C)CC)c2)CCCCC1. The van der Waals surface area contributed by atoms with Gasteiger partial charge in [0.25, 0.3) is 0 Å². The number of unbranched alkanes of at least 4 members (excludes halogenated alkanes) is 1. The van der Waals surface area contributed by atoms with Crippen LogP contribution in [0, 0.1) is 0 Å². The molecule has 0 spiro atoms. The molecule has 1 fully saturated rings. The largest absolute Gasteiger partial charge is 0.507 e. The summed E-state index contributed by atoms with van der Waals surface area (Å²) >= 11 is 0. The van der Waals surface area contributed by atoms with E-state index in [4.69, 9.17) is 0 Å². The van der Waals surface area contributed by atoms with Crippen molar-refractivity contribution in [2.45, 2.75) is 128 Å². The molecule has 5 heteroatoms. The van der Waals surface area contributed by atoms with Gasteiger partial charge in [-0.2, -0.15) is 0 Å². The van der Waals surface area contributed by atoms with E-state index < -0.39 is 14.8 Å². The fraction of sp³-hybridized carbons (Fsp3) is 0.769. The topological polar surface area (TPSA) is 66.4 Å². The van der Waals surface area contributed by atoms with Gasteiger partial charge in [0.1, 0.15) is 5.75 Å². The number of phenolic OH excluding ortho intramolecular Hbond substituents is 1. The first-order valence-electron chi connectivity index (χ1n) is 12.3. The van der Waals surface area contributed by atoms with Gasteiger partial charge >= 0.3 is 0 Å². The lowest BCUT2D eigenvalue weighted by Crippen LogP contribution is -2.44. The molecule has 4 nitrogen and oxygen atoms in total. The number of hydrogen-bond acceptors (Lipinski definition) is 3. The van der Waals surface area contributed by atoms with Crippen LogP contribution in [-0.4, -0.2) is 18.3 Å². The number of rotatable bonds is 10. The number of anilines is 1. The summed E-state index contributed by atoms with van der Waals surface area (Å²) in [5.41, 5.74) is 1.72. The molecule has 2 rings (SSSR count). The maximum Gasteiger partial charge on any atom is 0.238 e. The van der Waals surface area contributed by atoms with Crippen LogP contribution in [-0.2, 0) is 20.9 Å². The quantitative estimate of drug-likeness (QED) is 0.364. The zero-order valence-corrected chi connectivity index (χ0v) is 21.7. The molecule has 1 aliphatic rings. The van der Waals surface area contributed by atoms with Gasteiger partial charge in [0, 0.05) is 16.8 Å². The first-order chi connectivity index (χ1) is 14.4. The highest BCUT2D eigenvalue weighted by molar-refractivity contribution is 7.94. The Morgan fingerprint density at radius 3 is 1.84 bits per heavy atom. The van der Waals surface area contributed by atoms with E-state index in [1.54, 1.807) is 0 Å². The van der Waals surface area contributed by atoms with Crippen LogP contribution < -0.4 is 4.72 Å². The van der Waals surface area contributed by atoms with Crippen LogP contribution in [0.5, 0.6) is 5.75 Å². The summed E-state index contributed by atoms with van der Waals surface area (Å²) in [4.78, 5) is 0. The highest BCUT2D eigenvalue weighted by atomic mass is 32.2. The number of nitrogens with one attached hydrogen (secondary N) is 1. The van der Waals surface area contributed by atoms with Crippen molar-refractivity contribution in [1.29, 1.82) is 0 Å². The van der Waals surface area contributed by atoms with E-state index in [0.717, 1.165) is 75.3 Å². The van der Waals surface area contributed by atoms with Crippen molar-refractivity contribution in [1.82, 2.24) is 0 Å². The van der Waals surface area contributed by atoms with Gasteiger partial charge in [-0.25, -0.2) is 8.42 Å². The van der Waals surface area contributed by atoms with Crippen molar-refractivity contribution in [2.75, 3.05) is 4.72 Å². The molecule has 0 unspecified atom stereocenters. The zero-order chi connectivity index (χ0) is 23.5. The second kappa shape index (κ2) is 9.72. The van der Waals surface area contributed by atoms with Gasteiger partial charge in [0.05, 0.1) is 4.75 Å². The second-order valence-electron chi connectivity index (χ2n) is 10.8. The van der Waals surface area contributed by atoms with Gasteiger partial charge in [-0.15, -0.1) is 0 Å². The van der Waals surface area contributed by atoms with E-state index in [9.17, 15) is 13.5 Å². The van der Waals surface area contributed by atoms with Crippen LogP contribution in [0.3, 0.4) is 0 Å². The van der Waals surface area contributed by atoms with Crippen LogP contribution in [0.15, 0.2) is 12.1 Å². The Morgan fingerprint density at radius 2 is 1.42 bits per heavy atom.